The van der Waals surface area contributed by atoms with Gasteiger partial charge < -0.3 is 0 Å². The molecule has 0 bridgehead atoms. The van der Waals surface area contributed by atoms with Gasteiger partial charge in [-0.05, 0) is 30.5 Å². The van der Waals surface area contributed by atoms with Gasteiger partial charge in [-0.1, -0.05) is 69.4 Å². The van der Waals surface area contributed by atoms with Crippen LogP contribution >= 0.6 is 11.3 Å². The minimum Gasteiger partial charge on any atom is -0.135 e. The molecule has 0 amide bonds. The molecule has 3 rings (SSSR count). The van der Waals surface area contributed by atoms with Crippen LogP contribution in [-0.4, -0.2) is 0 Å². The van der Waals surface area contributed by atoms with Crippen molar-refractivity contribution in [3.05, 3.63) is 48.0 Å². The van der Waals surface area contributed by atoms with E-state index in [1.807, 2.05) is 11.3 Å². The van der Waals surface area contributed by atoms with E-state index in [2.05, 4.69) is 49.4 Å². The standard InChI is InChI=1S/C20H24S/c1-2-3-4-5-6-7-10-16-13-14-18-17-11-8-9-12-19(17)21-20(18)15-16/h8-9,11-15H,2-7,10H2,1H3. The van der Waals surface area contributed by atoms with E-state index >= 15 is 0 Å². The summed E-state index contributed by atoms with van der Waals surface area (Å²) in [6, 6.07) is 15.8. The molecule has 0 aliphatic heterocycles. The zero-order valence-corrected chi connectivity index (χ0v) is 13.7. The summed E-state index contributed by atoms with van der Waals surface area (Å²) in [4.78, 5) is 0. The van der Waals surface area contributed by atoms with Crippen molar-refractivity contribution in [2.24, 2.45) is 0 Å². The van der Waals surface area contributed by atoms with Gasteiger partial charge in [-0.3, -0.25) is 0 Å². The molecule has 1 heterocycles. The molecule has 0 nitrogen and oxygen atoms in total. The van der Waals surface area contributed by atoms with Crippen molar-refractivity contribution in [1.82, 2.24) is 0 Å². The molecule has 0 spiro atoms. The van der Waals surface area contributed by atoms with Gasteiger partial charge in [0.2, 0.25) is 0 Å². The van der Waals surface area contributed by atoms with Crippen LogP contribution in [0, 0.1) is 0 Å². The van der Waals surface area contributed by atoms with Gasteiger partial charge in [0.1, 0.15) is 0 Å². The lowest BCUT2D eigenvalue weighted by molar-refractivity contribution is 0.607. The van der Waals surface area contributed by atoms with Crippen molar-refractivity contribution in [3.63, 3.8) is 0 Å². The number of hydrogen-bond acceptors (Lipinski definition) is 1. The van der Waals surface area contributed by atoms with Crippen molar-refractivity contribution < 1.29 is 0 Å². The average molecular weight is 296 g/mol. The van der Waals surface area contributed by atoms with Crippen LogP contribution in [0.5, 0.6) is 0 Å². The van der Waals surface area contributed by atoms with Crippen molar-refractivity contribution in [3.8, 4) is 0 Å². The second kappa shape index (κ2) is 7.09. The molecule has 21 heavy (non-hydrogen) atoms. The van der Waals surface area contributed by atoms with E-state index in [9.17, 15) is 0 Å². The third kappa shape index (κ3) is 3.47. The number of thiophene rings is 1. The third-order valence-electron chi connectivity index (χ3n) is 4.26. The van der Waals surface area contributed by atoms with Crippen molar-refractivity contribution in [2.45, 2.75) is 51.9 Å². The molecule has 0 N–H and O–H groups in total. The number of rotatable bonds is 7. The summed E-state index contributed by atoms with van der Waals surface area (Å²) in [7, 11) is 0. The van der Waals surface area contributed by atoms with Gasteiger partial charge in [-0.25, -0.2) is 0 Å². The zero-order chi connectivity index (χ0) is 14.5. The fraction of sp³-hybridized carbons (Fsp3) is 0.400. The Bertz CT molecular complexity index is 708. The van der Waals surface area contributed by atoms with Crippen molar-refractivity contribution in [1.29, 1.82) is 0 Å². The fourth-order valence-corrected chi connectivity index (χ4v) is 4.21. The summed E-state index contributed by atoms with van der Waals surface area (Å²) in [5.74, 6) is 0. The first-order valence-electron chi connectivity index (χ1n) is 8.28. The van der Waals surface area contributed by atoms with Gasteiger partial charge in [0.15, 0.2) is 0 Å². The molecule has 0 fully saturated rings. The highest BCUT2D eigenvalue weighted by Gasteiger charge is 2.04. The van der Waals surface area contributed by atoms with Crippen LogP contribution in [-0.2, 0) is 6.42 Å². The number of unbranched alkanes of at least 4 members (excludes halogenated alkanes) is 5. The van der Waals surface area contributed by atoms with E-state index in [-0.39, 0.29) is 0 Å². The Kier molecular flexibility index (Phi) is 4.92. The highest BCUT2D eigenvalue weighted by molar-refractivity contribution is 7.25. The predicted molar refractivity (Wildman–Crippen MR) is 96.4 cm³/mol. The molecule has 0 saturated carbocycles. The number of aryl methyl sites for hydroxylation is 1. The minimum atomic E-state index is 1.23. The molecule has 0 aliphatic carbocycles. The van der Waals surface area contributed by atoms with Crippen LogP contribution in [0.2, 0.25) is 0 Å². The Morgan fingerprint density at radius 1 is 0.762 bits per heavy atom. The zero-order valence-electron chi connectivity index (χ0n) is 12.9. The molecule has 2 aromatic carbocycles. The predicted octanol–water partition coefficient (Wildman–Crippen LogP) is 6.96. The molecule has 1 heteroatoms. The van der Waals surface area contributed by atoms with Crippen LogP contribution in [0.25, 0.3) is 20.2 Å². The van der Waals surface area contributed by atoms with Gasteiger partial charge in [0, 0.05) is 20.2 Å². The molecule has 3 aromatic rings. The maximum absolute atomic E-state index is 2.41. The van der Waals surface area contributed by atoms with E-state index in [1.54, 1.807) is 0 Å². The summed E-state index contributed by atoms with van der Waals surface area (Å²) in [5, 5.41) is 2.82. The van der Waals surface area contributed by atoms with Gasteiger partial charge >= 0.3 is 0 Å². The second-order valence-electron chi connectivity index (χ2n) is 5.95. The number of fused-ring (bicyclic) bond motifs is 3. The summed E-state index contributed by atoms with van der Waals surface area (Å²) in [6.07, 6.45) is 9.49. The molecule has 0 atom stereocenters. The van der Waals surface area contributed by atoms with Crippen LogP contribution in [0.15, 0.2) is 42.5 Å². The first-order chi connectivity index (χ1) is 10.4. The van der Waals surface area contributed by atoms with E-state index in [1.165, 1.54) is 70.7 Å². The summed E-state index contributed by atoms with van der Waals surface area (Å²) in [6.45, 7) is 2.28. The maximum Gasteiger partial charge on any atom is 0.0358 e. The second-order valence-corrected chi connectivity index (χ2v) is 7.03. The van der Waals surface area contributed by atoms with Crippen LogP contribution in [0.3, 0.4) is 0 Å². The number of benzene rings is 2. The molecule has 110 valence electrons. The molecular formula is C20H24S. The first kappa shape index (κ1) is 14.6. The maximum atomic E-state index is 2.41. The van der Waals surface area contributed by atoms with Gasteiger partial charge in [0.25, 0.3) is 0 Å². The summed E-state index contributed by atoms with van der Waals surface area (Å²) < 4.78 is 2.85. The Labute approximate surface area is 131 Å². The monoisotopic (exact) mass is 296 g/mol. The smallest absolute Gasteiger partial charge is 0.0358 e. The van der Waals surface area contributed by atoms with Crippen molar-refractivity contribution in [2.75, 3.05) is 0 Å². The highest BCUT2D eigenvalue weighted by Crippen LogP contribution is 2.34. The van der Waals surface area contributed by atoms with E-state index in [0.717, 1.165) is 0 Å². The molecule has 1 aromatic heterocycles. The normalized spacial score (nSPS) is 11.5. The first-order valence-corrected chi connectivity index (χ1v) is 9.10. The Balaban J connectivity index is 1.66. The topological polar surface area (TPSA) is 0 Å². The third-order valence-corrected chi connectivity index (χ3v) is 5.40. The van der Waals surface area contributed by atoms with E-state index in [0.29, 0.717) is 0 Å². The lowest BCUT2D eigenvalue weighted by atomic mass is 10.0. The minimum absolute atomic E-state index is 1.23. The summed E-state index contributed by atoms with van der Waals surface area (Å²) in [5.41, 5.74) is 1.50. The van der Waals surface area contributed by atoms with Crippen LogP contribution in [0.1, 0.15) is 51.0 Å². The quantitative estimate of drug-likeness (QED) is 0.413. The molecule has 0 aliphatic rings. The summed E-state index contributed by atoms with van der Waals surface area (Å²) >= 11 is 1.93. The fourth-order valence-electron chi connectivity index (χ4n) is 3.04. The van der Waals surface area contributed by atoms with Gasteiger partial charge in [-0.2, -0.15) is 0 Å². The highest BCUT2D eigenvalue weighted by atomic mass is 32.1. The number of hydrogen-bond donors (Lipinski definition) is 0. The van der Waals surface area contributed by atoms with E-state index < -0.39 is 0 Å². The van der Waals surface area contributed by atoms with Crippen molar-refractivity contribution >= 4 is 31.5 Å². The van der Waals surface area contributed by atoms with Crippen LogP contribution in [0.4, 0.5) is 0 Å². The van der Waals surface area contributed by atoms with E-state index in [4.69, 9.17) is 0 Å². The molecular weight excluding hydrogens is 272 g/mol. The Hall–Kier alpha value is -1.34. The molecule has 0 radical (unpaired) electrons. The SMILES string of the molecule is CCCCCCCCc1ccc2c(c1)sc1ccccc12. The van der Waals surface area contributed by atoms with Gasteiger partial charge in [0.05, 0.1) is 0 Å². The average Bonchev–Trinajstić information content (AvgIpc) is 2.88. The molecule has 0 unspecified atom stereocenters. The Morgan fingerprint density at radius 2 is 1.52 bits per heavy atom. The molecule has 0 saturated heterocycles. The lowest BCUT2D eigenvalue weighted by Crippen LogP contribution is -1.86. The largest absolute Gasteiger partial charge is 0.135 e. The lowest BCUT2D eigenvalue weighted by Gasteiger charge is -2.02. The van der Waals surface area contributed by atoms with Gasteiger partial charge in [-0.15, -0.1) is 11.3 Å². The van der Waals surface area contributed by atoms with Crippen LogP contribution < -0.4 is 0 Å². The Morgan fingerprint density at radius 3 is 2.43 bits per heavy atom.